The van der Waals surface area contributed by atoms with Crippen molar-refractivity contribution < 1.29 is 27.8 Å². The largest absolute Gasteiger partial charge is 0.492 e. The summed E-state index contributed by atoms with van der Waals surface area (Å²) in [4.78, 5) is 27.5. The van der Waals surface area contributed by atoms with Gasteiger partial charge < -0.3 is 27.8 Å². The molecule has 304 valence electrons. The maximum absolute atomic E-state index is 12.8. The molecule has 0 unspecified atom stereocenters. The molecule has 0 aliphatic carbocycles. The summed E-state index contributed by atoms with van der Waals surface area (Å²) in [5, 5.41) is 9.81. The Labute approximate surface area is 346 Å². The maximum Gasteiger partial charge on any atom is 0.193 e. The van der Waals surface area contributed by atoms with Gasteiger partial charge in [0.1, 0.15) is 47.4 Å². The van der Waals surface area contributed by atoms with E-state index in [1.165, 1.54) is 17.7 Å². The molecular weight excluding hydrogens is 761 g/mol. The van der Waals surface area contributed by atoms with Gasteiger partial charge >= 0.3 is 0 Å². The molecule has 0 spiro atoms. The monoisotopic (exact) mass is 804 g/mol. The molecule has 60 heavy (non-hydrogen) atoms. The fourth-order valence-electron chi connectivity index (χ4n) is 6.73. The van der Waals surface area contributed by atoms with E-state index < -0.39 is 0 Å². The first-order chi connectivity index (χ1) is 29.5. The van der Waals surface area contributed by atoms with Crippen LogP contribution in [0.1, 0.15) is 11.3 Å². The topological polar surface area (TPSA) is 131 Å². The van der Waals surface area contributed by atoms with Gasteiger partial charge in [0.2, 0.25) is 0 Å². The van der Waals surface area contributed by atoms with Crippen molar-refractivity contribution in [3.05, 3.63) is 177 Å². The number of fused-ring (bicyclic) bond motifs is 2. The molecule has 0 saturated heterocycles. The first-order valence-corrected chi connectivity index (χ1v) is 19.9. The van der Waals surface area contributed by atoms with Gasteiger partial charge in [0.25, 0.3) is 0 Å². The summed E-state index contributed by atoms with van der Waals surface area (Å²) in [5.41, 5.74) is 4.52. The highest BCUT2D eigenvalue weighted by Gasteiger charge is 2.13. The lowest BCUT2D eigenvalue weighted by Gasteiger charge is -2.21. The quantitative estimate of drug-likeness (QED) is 0.0695. The fourth-order valence-corrected chi connectivity index (χ4v) is 6.73. The Morgan fingerprint density at radius 1 is 0.550 bits per heavy atom. The minimum atomic E-state index is -0.0975. The van der Waals surface area contributed by atoms with E-state index in [0.29, 0.717) is 111 Å². The number of benzene rings is 5. The molecule has 3 aromatic heterocycles. The molecule has 0 aliphatic rings. The van der Waals surface area contributed by atoms with Crippen LogP contribution in [0, 0.1) is 0 Å². The minimum absolute atomic E-state index is 0.0747. The Hall–Kier alpha value is -6.86. The molecular formula is C48H44N4O8. The predicted octanol–water partition coefficient (Wildman–Crippen LogP) is 8.02. The van der Waals surface area contributed by atoms with Crippen LogP contribution in [-0.4, -0.2) is 66.1 Å². The number of para-hydroxylation sites is 1. The van der Waals surface area contributed by atoms with Crippen molar-refractivity contribution in [3.63, 3.8) is 0 Å². The molecule has 0 fully saturated rings. The molecule has 5 aromatic carbocycles. The first-order valence-electron chi connectivity index (χ1n) is 19.9. The van der Waals surface area contributed by atoms with Gasteiger partial charge in [-0.05, 0) is 54.1 Å². The number of ether oxygens (including phenoxy) is 4. The Balaban J connectivity index is 0.752. The Kier molecular flexibility index (Phi) is 13.1. The third-order valence-corrected chi connectivity index (χ3v) is 9.76. The number of rotatable bonds is 20. The standard InChI is InChI=1S/C48H44N4O8/c53-43-30-47(59-45-14-8-7-13-41(43)45)37-15-17-39(18-16-37)58-28-27-56-26-25-55-23-22-52-34-38(49-50-52)33-51(32-35-9-3-1-4-10-35)21-24-57-40-19-20-42-44(54)31-46(60-48(42)29-40)36-11-5-2-6-12-36/h1-20,29-31,34H,21-28,32-33H2. The van der Waals surface area contributed by atoms with Gasteiger partial charge in [0, 0.05) is 55.2 Å². The van der Waals surface area contributed by atoms with E-state index in [4.69, 9.17) is 27.8 Å². The van der Waals surface area contributed by atoms with Gasteiger partial charge in [0.15, 0.2) is 10.9 Å². The summed E-state index contributed by atoms with van der Waals surface area (Å²) in [5.74, 6) is 2.35. The summed E-state index contributed by atoms with van der Waals surface area (Å²) < 4.78 is 37.3. The third kappa shape index (κ3) is 10.6. The Morgan fingerprint density at radius 3 is 1.95 bits per heavy atom. The van der Waals surface area contributed by atoms with Crippen LogP contribution in [0.2, 0.25) is 0 Å². The van der Waals surface area contributed by atoms with E-state index in [2.05, 4.69) is 27.3 Å². The summed E-state index contributed by atoms with van der Waals surface area (Å²) in [6, 6.07) is 42.8. The molecule has 0 bridgehead atoms. The number of aromatic nitrogens is 3. The highest BCUT2D eigenvalue weighted by molar-refractivity contribution is 5.80. The molecule has 0 N–H and O–H groups in total. The van der Waals surface area contributed by atoms with Gasteiger partial charge in [-0.25, -0.2) is 4.68 Å². The van der Waals surface area contributed by atoms with Crippen LogP contribution in [0.5, 0.6) is 11.5 Å². The predicted molar refractivity (Wildman–Crippen MR) is 229 cm³/mol. The zero-order valence-corrected chi connectivity index (χ0v) is 33.0. The zero-order chi connectivity index (χ0) is 40.9. The van der Waals surface area contributed by atoms with Crippen molar-refractivity contribution in [3.8, 4) is 34.1 Å². The summed E-state index contributed by atoms with van der Waals surface area (Å²) in [6.07, 6.45) is 1.94. The van der Waals surface area contributed by atoms with Crippen LogP contribution in [0.15, 0.2) is 164 Å². The van der Waals surface area contributed by atoms with Crippen LogP contribution in [0.4, 0.5) is 0 Å². The van der Waals surface area contributed by atoms with Crippen molar-refractivity contribution in [2.24, 2.45) is 0 Å². The van der Waals surface area contributed by atoms with Crippen LogP contribution >= 0.6 is 0 Å². The van der Waals surface area contributed by atoms with Crippen molar-refractivity contribution in [1.29, 1.82) is 0 Å². The third-order valence-electron chi connectivity index (χ3n) is 9.76. The average Bonchev–Trinajstić information content (AvgIpc) is 3.73. The zero-order valence-electron chi connectivity index (χ0n) is 33.0. The van der Waals surface area contributed by atoms with Crippen molar-refractivity contribution in [2.45, 2.75) is 19.6 Å². The second-order valence-corrected chi connectivity index (χ2v) is 14.1. The fraction of sp³-hybridized carbons (Fsp3) is 0.208. The normalized spacial score (nSPS) is 11.4. The molecule has 12 nitrogen and oxygen atoms in total. The van der Waals surface area contributed by atoms with Crippen LogP contribution < -0.4 is 20.3 Å². The second kappa shape index (κ2) is 19.7. The van der Waals surface area contributed by atoms with Gasteiger partial charge in [0.05, 0.1) is 49.4 Å². The molecule has 8 rings (SSSR count). The van der Waals surface area contributed by atoms with Gasteiger partial charge in [-0.1, -0.05) is 78.0 Å². The smallest absolute Gasteiger partial charge is 0.193 e. The van der Waals surface area contributed by atoms with E-state index in [-0.39, 0.29) is 10.9 Å². The van der Waals surface area contributed by atoms with Crippen LogP contribution in [-0.2, 0) is 29.1 Å². The van der Waals surface area contributed by atoms with Gasteiger partial charge in [-0.15, -0.1) is 5.10 Å². The average molecular weight is 805 g/mol. The highest BCUT2D eigenvalue weighted by atomic mass is 16.5. The first kappa shape index (κ1) is 39.9. The molecule has 0 radical (unpaired) electrons. The Bertz CT molecular complexity index is 2730. The van der Waals surface area contributed by atoms with E-state index in [1.54, 1.807) is 35.0 Å². The SMILES string of the molecule is O=c1cc(-c2ccc(OCCOCCOCCn3cc(CN(CCOc4ccc5c(=O)cc(-c6ccccc6)oc5c4)Cc4ccccc4)nn3)cc2)oc2ccccc12. The van der Waals surface area contributed by atoms with E-state index in [1.807, 2.05) is 91.1 Å². The number of hydrogen-bond acceptors (Lipinski definition) is 11. The van der Waals surface area contributed by atoms with Crippen molar-refractivity contribution >= 4 is 21.9 Å². The number of nitrogens with zero attached hydrogens (tertiary/aromatic N) is 4. The second-order valence-electron chi connectivity index (χ2n) is 14.1. The number of hydrogen-bond donors (Lipinski definition) is 0. The molecule has 3 heterocycles. The van der Waals surface area contributed by atoms with Crippen molar-refractivity contribution in [2.75, 3.05) is 46.2 Å². The van der Waals surface area contributed by atoms with E-state index >= 15 is 0 Å². The summed E-state index contributed by atoms with van der Waals surface area (Å²) in [6.45, 7) is 5.02. The van der Waals surface area contributed by atoms with E-state index in [0.717, 1.165) is 16.8 Å². The lowest BCUT2D eigenvalue weighted by molar-refractivity contribution is 0.0333. The molecule has 12 heteroatoms. The highest BCUT2D eigenvalue weighted by Crippen LogP contribution is 2.26. The lowest BCUT2D eigenvalue weighted by Crippen LogP contribution is -2.28. The molecule has 0 atom stereocenters. The summed E-state index contributed by atoms with van der Waals surface area (Å²) in [7, 11) is 0. The van der Waals surface area contributed by atoms with Gasteiger partial charge in [-0.2, -0.15) is 0 Å². The lowest BCUT2D eigenvalue weighted by atomic mass is 10.1. The van der Waals surface area contributed by atoms with E-state index in [9.17, 15) is 9.59 Å². The van der Waals surface area contributed by atoms with Crippen LogP contribution in [0.25, 0.3) is 44.6 Å². The molecule has 8 aromatic rings. The minimum Gasteiger partial charge on any atom is -0.492 e. The van der Waals surface area contributed by atoms with Crippen LogP contribution in [0.3, 0.4) is 0 Å². The van der Waals surface area contributed by atoms with Gasteiger partial charge in [-0.3, -0.25) is 14.5 Å². The maximum atomic E-state index is 12.8. The molecule has 0 aliphatic heterocycles. The Morgan fingerprint density at radius 2 is 1.17 bits per heavy atom. The molecule has 0 amide bonds. The summed E-state index contributed by atoms with van der Waals surface area (Å²) >= 11 is 0. The molecule has 0 saturated carbocycles. The van der Waals surface area contributed by atoms with Crippen molar-refractivity contribution in [1.82, 2.24) is 19.9 Å².